The Morgan fingerprint density at radius 3 is 2.78 bits per heavy atom. The van der Waals surface area contributed by atoms with Crippen LogP contribution >= 0.6 is 0 Å². The summed E-state index contributed by atoms with van der Waals surface area (Å²) in [6, 6.07) is 1.83. The number of nitrogens with zero attached hydrogens (tertiary/aromatic N) is 1. The number of hydrogen-bond acceptors (Lipinski definition) is 2. The largest absolute Gasteiger partial charge is 0.352 e. The maximum absolute atomic E-state index is 8.24. The molecule has 2 heteroatoms. The minimum Gasteiger partial charge on any atom is -0.352 e. The molecule has 0 aromatic rings. The van der Waals surface area contributed by atoms with Gasteiger partial charge < -0.3 is 4.74 Å². The van der Waals surface area contributed by atoms with Gasteiger partial charge in [0.2, 0.25) is 6.10 Å². The van der Waals surface area contributed by atoms with Gasteiger partial charge >= 0.3 is 0 Å². The Kier molecular flexibility index (Phi) is 4.59. The van der Waals surface area contributed by atoms with Crippen LogP contribution in [0.1, 0.15) is 13.3 Å². The van der Waals surface area contributed by atoms with Crippen LogP contribution in [0.5, 0.6) is 0 Å². The fourth-order valence-corrected chi connectivity index (χ4v) is 0.358. The molecule has 48 valence electrons. The second-order valence-corrected chi connectivity index (χ2v) is 1.55. The van der Waals surface area contributed by atoms with E-state index in [1.54, 1.807) is 0 Å². The van der Waals surface area contributed by atoms with Gasteiger partial charge in [0.15, 0.2) is 0 Å². The molecule has 0 fully saturated rings. The molecule has 9 heavy (non-hydrogen) atoms. The summed E-state index contributed by atoms with van der Waals surface area (Å²) in [6.07, 6.45) is 5.15. The van der Waals surface area contributed by atoms with Crippen LogP contribution in [0.4, 0.5) is 0 Å². The smallest absolute Gasteiger partial charge is 0.204 e. The van der Waals surface area contributed by atoms with Crippen LogP contribution in [0.15, 0.2) is 0 Å². The minimum absolute atomic E-state index is 0.558. The van der Waals surface area contributed by atoms with Crippen molar-refractivity contribution in [2.24, 2.45) is 0 Å². The van der Waals surface area contributed by atoms with Crippen molar-refractivity contribution in [3.05, 3.63) is 0 Å². The molecule has 0 amide bonds. The maximum atomic E-state index is 8.24. The van der Waals surface area contributed by atoms with Crippen LogP contribution in [0.25, 0.3) is 0 Å². The highest BCUT2D eigenvalue weighted by atomic mass is 16.5. The Bertz CT molecular complexity index is 126. The van der Waals surface area contributed by atoms with Crippen molar-refractivity contribution in [2.75, 3.05) is 6.61 Å². The van der Waals surface area contributed by atoms with E-state index in [-0.39, 0.29) is 0 Å². The molecule has 0 radical (unpaired) electrons. The molecule has 0 saturated heterocycles. The Morgan fingerprint density at radius 1 is 1.78 bits per heavy atom. The van der Waals surface area contributed by atoms with Gasteiger partial charge in [0, 0.05) is 6.61 Å². The summed E-state index contributed by atoms with van der Waals surface area (Å²) in [5, 5.41) is 8.24. The van der Waals surface area contributed by atoms with E-state index in [2.05, 4.69) is 5.92 Å². The average Bonchev–Trinajstić information content (AvgIpc) is 1.91. The van der Waals surface area contributed by atoms with E-state index in [4.69, 9.17) is 16.4 Å². The van der Waals surface area contributed by atoms with E-state index in [1.165, 1.54) is 0 Å². The highest BCUT2D eigenvalue weighted by molar-refractivity contribution is 5.07. The lowest BCUT2D eigenvalue weighted by atomic mass is 10.4. The second-order valence-electron chi connectivity index (χ2n) is 1.55. The Balaban J connectivity index is 3.38. The van der Waals surface area contributed by atoms with Gasteiger partial charge in [-0.1, -0.05) is 12.8 Å². The van der Waals surface area contributed by atoms with Gasteiger partial charge in [0.25, 0.3) is 0 Å². The number of terminal acetylenes is 1. The van der Waals surface area contributed by atoms with Crippen molar-refractivity contribution >= 4 is 0 Å². The molecule has 1 atom stereocenters. The highest BCUT2D eigenvalue weighted by Crippen LogP contribution is 1.88. The zero-order chi connectivity index (χ0) is 7.11. The molecule has 0 spiro atoms. The third-order valence-electron chi connectivity index (χ3n) is 0.757. The second kappa shape index (κ2) is 5.15. The molecule has 0 aliphatic rings. The monoisotopic (exact) mass is 123 g/mol. The first-order chi connectivity index (χ1) is 4.35. The van der Waals surface area contributed by atoms with Crippen LogP contribution in [0, 0.1) is 23.7 Å². The molecule has 0 saturated carbocycles. The molecular weight excluding hydrogens is 114 g/mol. The third-order valence-corrected chi connectivity index (χ3v) is 0.757. The number of rotatable bonds is 3. The predicted molar refractivity (Wildman–Crippen MR) is 34.5 cm³/mol. The van der Waals surface area contributed by atoms with E-state index < -0.39 is 6.10 Å². The Morgan fingerprint density at radius 2 is 2.44 bits per heavy atom. The quantitative estimate of drug-likeness (QED) is 0.523. The fraction of sp³-hybridized carbons (Fsp3) is 0.571. The first kappa shape index (κ1) is 8.01. The Hall–Kier alpha value is -0.990. The summed E-state index contributed by atoms with van der Waals surface area (Å²) in [5.41, 5.74) is 0. The molecule has 0 rings (SSSR count). The molecule has 0 bridgehead atoms. The predicted octanol–water partition coefficient (Wildman–Crippen LogP) is 0.938. The molecular formula is C7H9NO. The lowest BCUT2D eigenvalue weighted by Crippen LogP contribution is -2.07. The summed E-state index contributed by atoms with van der Waals surface area (Å²) < 4.78 is 4.89. The first-order valence-electron chi connectivity index (χ1n) is 2.82. The van der Waals surface area contributed by atoms with Gasteiger partial charge in [-0.2, -0.15) is 5.26 Å². The van der Waals surface area contributed by atoms with Gasteiger partial charge in [-0.25, -0.2) is 0 Å². The van der Waals surface area contributed by atoms with Crippen molar-refractivity contribution in [3.8, 4) is 18.4 Å². The molecule has 0 aliphatic carbocycles. The first-order valence-corrected chi connectivity index (χ1v) is 2.82. The van der Waals surface area contributed by atoms with E-state index in [1.807, 2.05) is 13.0 Å². The molecule has 0 N–H and O–H groups in total. The van der Waals surface area contributed by atoms with Crippen molar-refractivity contribution in [1.82, 2.24) is 0 Å². The molecule has 0 aliphatic heterocycles. The van der Waals surface area contributed by atoms with Crippen molar-refractivity contribution in [1.29, 1.82) is 5.26 Å². The van der Waals surface area contributed by atoms with Gasteiger partial charge in [-0.3, -0.25) is 0 Å². The van der Waals surface area contributed by atoms with E-state index in [9.17, 15) is 0 Å². The molecule has 0 aromatic carbocycles. The molecule has 2 nitrogen and oxygen atoms in total. The van der Waals surface area contributed by atoms with E-state index >= 15 is 0 Å². The van der Waals surface area contributed by atoms with Crippen molar-refractivity contribution in [2.45, 2.75) is 19.4 Å². The van der Waals surface area contributed by atoms with Crippen LogP contribution < -0.4 is 0 Å². The highest BCUT2D eigenvalue weighted by Gasteiger charge is 1.98. The van der Waals surface area contributed by atoms with E-state index in [0.717, 1.165) is 6.42 Å². The number of nitriles is 1. The standard InChI is InChI=1S/C7H9NO/c1-3-5-9-7(4-2)6-8/h2,7H,3,5H2,1H3. The van der Waals surface area contributed by atoms with Gasteiger partial charge in [0.05, 0.1) is 0 Å². The minimum atomic E-state index is -0.662. The lowest BCUT2D eigenvalue weighted by molar-refractivity contribution is 0.126. The summed E-state index contributed by atoms with van der Waals surface area (Å²) in [4.78, 5) is 0. The summed E-state index contributed by atoms with van der Waals surface area (Å²) >= 11 is 0. The summed E-state index contributed by atoms with van der Waals surface area (Å²) in [5.74, 6) is 2.20. The zero-order valence-corrected chi connectivity index (χ0v) is 5.42. The van der Waals surface area contributed by atoms with Crippen molar-refractivity contribution in [3.63, 3.8) is 0 Å². The van der Waals surface area contributed by atoms with Gasteiger partial charge in [0.1, 0.15) is 6.07 Å². The van der Waals surface area contributed by atoms with Crippen LogP contribution in [-0.4, -0.2) is 12.7 Å². The zero-order valence-electron chi connectivity index (χ0n) is 5.42. The van der Waals surface area contributed by atoms with Crippen LogP contribution in [0.2, 0.25) is 0 Å². The maximum Gasteiger partial charge on any atom is 0.204 e. The topological polar surface area (TPSA) is 33.0 Å². The number of hydrogen-bond donors (Lipinski definition) is 0. The molecule has 0 heterocycles. The normalized spacial score (nSPS) is 11.4. The van der Waals surface area contributed by atoms with Crippen LogP contribution in [-0.2, 0) is 4.74 Å². The Labute approximate surface area is 55.4 Å². The third kappa shape index (κ3) is 3.58. The number of ether oxygens (including phenoxy) is 1. The summed E-state index contributed by atoms with van der Waals surface area (Å²) in [6.45, 7) is 2.52. The van der Waals surface area contributed by atoms with Crippen LogP contribution in [0.3, 0.4) is 0 Å². The average molecular weight is 123 g/mol. The fourth-order valence-electron chi connectivity index (χ4n) is 0.358. The molecule has 1 unspecified atom stereocenters. The van der Waals surface area contributed by atoms with Gasteiger partial charge in [-0.15, -0.1) is 6.42 Å². The molecule has 0 aromatic heterocycles. The lowest BCUT2D eigenvalue weighted by Gasteiger charge is -1.99. The SMILES string of the molecule is C#CC(C#N)OCCC. The van der Waals surface area contributed by atoms with E-state index in [0.29, 0.717) is 6.61 Å². The van der Waals surface area contributed by atoms with Gasteiger partial charge in [-0.05, 0) is 6.42 Å². The summed E-state index contributed by atoms with van der Waals surface area (Å²) in [7, 11) is 0. The van der Waals surface area contributed by atoms with Crippen molar-refractivity contribution < 1.29 is 4.74 Å².